The molecule has 0 bridgehead atoms. The lowest BCUT2D eigenvalue weighted by molar-refractivity contribution is 0.552. The Morgan fingerprint density at radius 2 is 2.18 bits per heavy atom. The van der Waals surface area contributed by atoms with Gasteiger partial charge in [-0.25, -0.2) is 4.98 Å². The molecule has 17 heavy (non-hydrogen) atoms. The molecule has 0 amide bonds. The molecule has 0 spiro atoms. The highest BCUT2D eigenvalue weighted by molar-refractivity contribution is 9.10. The molecule has 1 N–H and O–H groups in total. The fourth-order valence-corrected chi connectivity index (χ4v) is 1.94. The van der Waals surface area contributed by atoms with Gasteiger partial charge in [-0.1, -0.05) is 0 Å². The SMILES string of the molecule is N#Cc1ccc2nc(-c3ccc(Br)o3)[nH]c2c1. The van der Waals surface area contributed by atoms with Crippen LogP contribution in [0.2, 0.25) is 0 Å². The Hall–Kier alpha value is -2.06. The summed E-state index contributed by atoms with van der Waals surface area (Å²) < 4.78 is 6.07. The van der Waals surface area contributed by atoms with E-state index in [9.17, 15) is 0 Å². The lowest BCUT2D eigenvalue weighted by atomic mass is 10.2. The predicted octanol–water partition coefficient (Wildman–Crippen LogP) is 3.46. The van der Waals surface area contributed by atoms with Gasteiger partial charge >= 0.3 is 0 Å². The summed E-state index contributed by atoms with van der Waals surface area (Å²) in [5, 5.41) is 8.82. The number of H-pyrrole nitrogens is 1. The molecule has 0 saturated heterocycles. The summed E-state index contributed by atoms with van der Waals surface area (Å²) in [5.41, 5.74) is 2.24. The smallest absolute Gasteiger partial charge is 0.174 e. The second kappa shape index (κ2) is 3.75. The van der Waals surface area contributed by atoms with Gasteiger partial charge in [0, 0.05) is 0 Å². The fourth-order valence-electron chi connectivity index (χ4n) is 1.64. The Morgan fingerprint density at radius 3 is 2.88 bits per heavy atom. The molecule has 5 heteroatoms. The van der Waals surface area contributed by atoms with Crippen molar-refractivity contribution in [2.24, 2.45) is 0 Å². The Balaban J connectivity index is 2.17. The van der Waals surface area contributed by atoms with E-state index in [-0.39, 0.29) is 0 Å². The molecule has 1 aromatic carbocycles. The maximum atomic E-state index is 8.82. The van der Waals surface area contributed by atoms with Crippen LogP contribution in [0.3, 0.4) is 0 Å². The van der Waals surface area contributed by atoms with Crippen LogP contribution in [0.15, 0.2) is 39.4 Å². The number of furan rings is 1. The Bertz CT molecular complexity index is 736. The number of hydrogen-bond donors (Lipinski definition) is 1. The van der Waals surface area contributed by atoms with Crippen LogP contribution in [0.1, 0.15) is 5.56 Å². The van der Waals surface area contributed by atoms with Crippen molar-refractivity contribution in [2.75, 3.05) is 0 Å². The second-order valence-corrected chi connectivity index (χ2v) is 4.31. The highest BCUT2D eigenvalue weighted by Gasteiger charge is 2.09. The molecule has 0 unspecified atom stereocenters. The number of aromatic nitrogens is 2. The van der Waals surface area contributed by atoms with E-state index in [2.05, 4.69) is 32.0 Å². The topological polar surface area (TPSA) is 65.6 Å². The van der Waals surface area contributed by atoms with Gasteiger partial charge in [0.25, 0.3) is 0 Å². The Morgan fingerprint density at radius 1 is 1.29 bits per heavy atom. The summed E-state index contributed by atoms with van der Waals surface area (Å²) in [6.07, 6.45) is 0. The molecule has 0 radical (unpaired) electrons. The number of nitrogens with one attached hydrogen (secondary N) is 1. The minimum absolute atomic E-state index is 0.605. The molecule has 0 fully saturated rings. The summed E-state index contributed by atoms with van der Waals surface area (Å²) in [5.74, 6) is 1.31. The van der Waals surface area contributed by atoms with Crippen LogP contribution < -0.4 is 0 Å². The Kier molecular flexibility index (Phi) is 2.23. The van der Waals surface area contributed by atoms with E-state index < -0.39 is 0 Å². The van der Waals surface area contributed by atoms with Crippen molar-refractivity contribution >= 4 is 27.0 Å². The first kappa shape index (κ1) is 10.1. The quantitative estimate of drug-likeness (QED) is 0.745. The van der Waals surface area contributed by atoms with Crippen LogP contribution in [0, 0.1) is 11.3 Å². The number of fused-ring (bicyclic) bond motifs is 1. The van der Waals surface area contributed by atoms with Crippen molar-refractivity contribution in [3.8, 4) is 17.7 Å². The van der Waals surface area contributed by atoms with Crippen molar-refractivity contribution in [1.29, 1.82) is 5.26 Å². The van der Waals surface area contributed by atoms with Gasteiger partial charge in [0.1, 0.15) is 0 Å². The highest BCUT2D eigenvalue weighted by atomic mass is 79.9. The first-order valence-corrected chi connectivity index (χ1v) is 5.71. The van der Waals surface area contributed by atoms with Crippen LogP contribution in [0.25, 0.3) is 22.6 Å². The second-order valence-electron chi connectivity index (χ2n) is 3.53. The monoisotopic (exact) mass is 287 g/mol. The molecule has 82 valence electrons. The van der Waals surface area contributed by atoms with Gasteiger partial charge in [-0.05, 0) is 46.3 Å². The molecule has 0 aliphatic heterocycles. The van der Waals surface area contributed by atoms with E-state index in [4.69, 9.17) is 9.68 Å². The normalized spacial score (nSPS) is 10.6. The lowest BCUT2D eigenvalue weighted by Crippen LogP contribution is -1.74. The first-order chi connectivity index (χ1) is 8.26. The zero-order valence-electron chi connectivity index (χ0n) is 8.57. The number of benzene rings is 1. The van der Waals surface area contributed by atoms with E-state index in [1.807, 2.05) is 18.2 Å². The third-order valence-corrected chi connectivity index (χ3v) is 2.84. The molecule has 3 rings (SSSR count). The zero-order valence-corrected chi connectivity index (χ0v) is 10.2. The third kappa shape index (κ3) is 1.73. The van der Waals surface area contributed by atoms with Gasteiger partial charge in [0.15, 0.2) is 16.3 Å². The van der Waals surface area contributed by atoms with Gasteiger partial charge < -0.3 is 9.40 Å². The molecule has 0 atom stereocenters. The molecule has 4 nitrogen and oxygen atoms in total. The minimum Gasteiger partial charge on any atom is -0.446 e. The molecule has 0 aliphatic carbocycles. The van der Waals surface area contributed by atoms with Crippen LogP contribution in [0.5, 0.6) is 0 Å². The number of halogens is 1. The zero-order chi connectivity index (χ0) is 11.8. The van der Waals surface area contributed by atoms with Crippen molar-refractivity contribution in [1.82, 2.24) is 9.97 Å². The first-order valence-electron chi connectivity index (χ1n) is 4.92. The summed E-state index contributed by atoms with van der Waals surface area (Å²) >= 11 is 3.24. The number of hydrogen-bond acceptors (Lipinski definition) is 3. The van der Waals surface area contributed by atoms with E-state index in [1.165, 1.54) is 0 Å². The molecule has 0 aliphatic rings. The molecular formula is C12H6BrN3O. The largest absolute Gasteiger partial charge is 0.446 e. The van der Waals surface area contributed by atoms with Crippen molar-refractivity contribution in [3.63, 3.8) is 0 Å². The number of imidazole rings is 1. The summed E-state index contributed by atoms with van der Waals surface area (Å²) in [4.78, 5) is 7.52. The van der Waals surface area contributed by atoms with Gasteiger partial charge in [-0.2, -0.15) is 5.26 Å². The number of nitriles is 1. The number of aromatic amines is 1. The molecule has 3 aromatic rings. The van der Waals surface area contributed by atoms with Gasteiger partial charge in [-0.3, -0.25) is 0 Å². The molecule has 0 saturated carbocycles. The van der Waals surface area contributed by atoms with Crippen molar-refractivity contribution in [3.05, 3.63) is 40.6 Å². The van der Waals surface area contributed by atoms with Gasteiger partial charge in [0.2, 0.25) is 0 Å². The van der Waals surface area contributed by atoms with E-state index in [1.54, 1.807) is 12.1 Å². The van der Waals surface area contributed by atoms with Crippen LogP contribution in [0.4, 0.5) is 0 Å². The fraction of sp³-hybridized carbons (Fsp3) is 0. The van der Waals surface area contributed by atoms with Gasteiger partial charge in [-0.15, -0.1) is 0 Å². The molecule has 2 heterocycles. The third-order valence-electron chi connectivity index (χ3n) is 2.42. The number of rotatable bonds is 1. The summed E-state index contributed by atoms with van der Waals surface area (Å²) in [6.45, 7) is 0. The molecular weight excluding hydrogens is 282 g/mol. The maximum absolute atomic E-state index is 8.82. The van der Waals surface area contributed by atoms with Crippen LogP contribution >= 0.6 is 15.9 Å². The minimum atomic E-state index is 0.605. The van der Waals surface area contributed by atoms with Crippen LogP contribution in [-0.2, 0) is 0 Å². The average Bonchev–Trinajstić information content (AvgIpc) is 2.93. The van der Waals surface area contributed by atoms with Gasteiger partial charge in [0.05, 0.1) is 22.7 Å². The average molecular weight is 288 g/mol. The Labute approximate surface area is 105 Å². The van der Waals surface area contributed by atoms with E-state index in [0.717, 1.165) is 11.0 Å². The highest BCUT2D eigenvalue weighted by Crippen LogP contribution is 2.25. The van der Waals surface area contributed by atoms with Crippen molar-refractivity contribution in [2.45, 2.75) is 0 Å². The van der Waals surface area contributed by atoms with Crippen LogP contribution in [-0.4, -0.2) is 9.97 Å². The van der Waals surface area contributed by atoms with E-state index in [0.29, 0.717) is 21.8 Å². The lowest BCUT2D eigenvalue weighted by Gasteiger charge is -1.87. The van der Waals surface area contributed by atoms with E-state index >= 15 is 0 Å². The standard InChI is InChI=1S/C12H6BrN3O/c13-11-4-3-10(17-11)12-15-8-2-1-7(6-14)5-9(8)16-12/h1-5H,(H,15,16). The number of nitrogens with zero attached hydrogens (tertiary/aromatic N) is 2. The predicted molar refractivity (Wildman–Crippen MR) is 66.2 cm³/mol. The summed E-state index contributed by atoms with van der Waals surface area (Å²) in [6, 6.07) is 11.0. The van der Waals surface area contributed by atoms with Crippen molar-refractivity contribution < 1.29 is 4.42 Å². The summed E-state index contributed by atoms with van der Waals surface area (Å²) in [7, 11) is 0. The molecule has 2 aromatic heterocycles. The maximum Gasteiger partial charge on any atom is 0.174 e.